The van der Waals surface area contributed by atoms with Crippen LogP contribution in [0.1, 0.15) is 34.1 Å². The van der Waals surface area contributed by atoms with Crippen LogP contribution in [0.2, 0.25) is 0 Å². The van der Waals surface area contributed by atoms with Gasteiger partial charge in [0, 0.05) is 5.56 Å². The molecule has 25 heavy (non-hydrogen) atoms. The Balaban J connectivity index is 2.00. The second kappa shape index (κ2) is 9.08. The maximum atomic E-state index is 12.2. The number of hydrogen-bond donors (Lipinski definition) is 2. The molecule has 0 aromatic heterocycles. The van der Waals surface area contributed by atoms with E-state index in [0.29, 0.717) is 33.7 Å². The number of hydrogen-bond acceptors (Lipinski definition) is 4. The fourth-order valence-electron chi connectivity index (χ4n) is 2.06. The van der Waals surface area contributed by atoms with Gasteiger partial charge in [-0.15, -0.1) is 0 Å². The van der Waals surface area contributed by atoms with Gasteiger partial charge in [0.2, 0.25) is 0 Å². The molecule has 7 heteroatoms. The Morgan fingerprint density at radius 3 is 2.44 bits per heavy atom. The van der Waals surface area contributed by atoms with E-state index in [0.717, 1.165) is 6.42 Å². The number of amides is 2. The van der Waals surface area contributed by atoms with Gasteiger partial charge < -0.3 is 9.47 Å². The molecule has 2 rings (SSSR count). The standard InChI is InChI=1S/C18H19BrN2O4/c1-3-10-25-16-9-8-12(11-14(16)19)17(22)20-21-18(23)13-6-4-5-7-15(13)24-2/h4-9,11H,3,10H2,1-2H3,(H,20,22)(H,21,23). The molecule has 0 aliphatic carbocycles. The summed E-state index contributed by atoms with van der Waals surface area (Å²) in [5.41, 5.74) is 5.47. The quantitative estimate of drug-likeness (QED) is 0.721. The molecule has 0 heterocycles. The lowest BCUT2D eigenvalue weighted by atomic mass is 10.2. The molecule has 2 aromatic carbocycles. The summed E-state index contributed by atoms with van der Waals surface area (Å²) in [5.74, 6) is 0.185. The summed E-state index contributed by atoms with van der Waals surface area (Å²) in [6.45, 7) is 2.61. The zero-order valence-electron chi connectivity index (χ0n) is 14.0. The van der Waals surface area contributed by atoms with E-state index in [4.69, 9.17) is 9.47 Å². The molecule has 0 aliphatic heterocycles. The van der Waals surface area contributed by atoms with Crippen LogP contribution in [-0.2, 0) is 0 Å². The van der Waals surface area contributed by atoms with Gasteiger partial charge in [-0.25, -0.2) is 0 Å². The molecule has 0 saturated heterocycles. The average molecular weight is 407 g/mol. The van der Waals surface area contributed by atoms with Crippen molar-refractivity contribution in [2.24, 2.45) is 0 Å². The number of halogens is 1. The number of benzene rings is 2. The summed E-state index contributed by atoms with van der Waals surface area (Å²) in [6.07, 6.45) is 0.893. The van der Waals surface area contributed by atoms with Crippen molar-refractivity contribution in [3.63, 3.8) is 0 Å². The van der Waals surface area contributed by atoms with Crippen LogP contribution in [0.5, 0.6) is 11.5 Å². The zero-order valence-corrected chi connectivity index (χ0v) is 15.6. The summed E-state index contributed by atoms with van der Waals surface area (Å²) in [6, 6.07) is 11.7. The molecule has 2 amide bonds. The summed E-state index contributed by atoms with van der Waals surface area (Å²) in [4.78, 5) is 24.4. The highest BCUT2D eigenvalue weighted by atomic mass is 79.9. The van der Waals surface area contributed by atoms with Gasteiger partial charge in [-0.1, -0.05) is 19.1 Å². The van der Waals surface area contributed by atoms with Crippen molar-refractivity contribution in [2.75, 3.05) is 13.7 Å². The van der Waals surface area contributed by atoms with Crippen molar-refractivity contribution < 1.29 is 19.1 Å². The van der Waals surface area contributed by atoms with Crippen LogP contribution in [0.15, 0.2) is 46.9 Å². The molecule has 0 spiro atoms. The van der Waals surface area contributed by atoms with E-state index in [-0.39, 0.29) is 0 Å². The first-order valence-corrected chi connectivity index (χ1v) is 8.52. The number of carbonyl (C=O) groups excluding carboxylic acids is 2. The van der Waals surface area contributed by atoms with Gasteiger partial charge in [0.25, 0.3) is 11.8 Å². The lowest BCUT2D eigenvalue weighted by molar-refractivity contribution is 0.0845. The maximum Gasteiger partial charge on any atom is 0.273 e. The molecule has 0 saturated carbocycles. The minimum absolute atomic E-state index is 0.329. The topological polar surface area (TPSA) is 76.7 Å². The molecule has 0 fully saturated rings. The Morgan fingerprint density at radius 1 is 1.04 bits per heavy atom. The van der Waals surface area contributed by atoms with Crippen molar-refractivity contribution >= 4 is 27.7 Å². The number of nitrogens with one attached hydrogen (secondary N) is 2. The molecule has 132 valence electrons. The highest BCUT2D eigenvalue weighted by molar-refractivity contribution is 9.10. The summed E-state index contributed by atoms with van der Waals surface area (Å²) < 4.78 is 11.3. The van der Waals surface area contributed by atoms with Crippen LogP contribution in [0, 0.1) is 0 Å². The van der Waals surface area contributed by atoms with Crippen molar-refractivity contribution in [2.45, 2.75) is 13.3 Å². The Bertz CT molecular complexity index is 764. The van der Waals surface area contributed by atoms with E-state index in [9.17, 15) is 9.59 Å². The molecule has 0 atom stereocenters. The Hall–Kier alpha value is -2.54. The van der Waals surface area contributed by atoms with Crippen molar-refractivity contribution in [1.29, 1.82) is 0 Å². The number of para-hydroxylation sites is 1. The second-order valence-corrected chi connectivity index (χ2v) is 5.96. The van der Waals surface area contributed by atoms with Crippen LogP contribution >= 0.6 is 15.9 Å². The molecule has 6 nitrogen and oxygen atoms in total. The van der Waals surface area contributed by atoms with Crippen molar-refractivity contribution in [1.82, 2.24) is 10.9 Å². The van der Waals surface area contributed by atoms with Gasteiger partial charge in [0.15, 0.2) is 0 Å². The predicted octanol–water partition coefficient (Wildman–Crippen LogP) is 3.32. The highest BCUT2D eigenvalue weighted by Crippen LogP contribution is 2.26. The SMILES string of the molecule is CCCOc1ccc(C(=O)NNC(=O)c2ccccc2OC)cc1Br. The number of rotatable bonds is 6. The van der Waals surface area contributed by atoms with Crippen LogP contribution in [0.3, 0.4) is 0 Å². The van der Waals surface area contributed by atoms with Gasteiger partial charge >= 0.3 is 0 Å². The van der Waals surface area contributed by atoms with Crippen molar-refractivity contribution in [3.05, 3.63) is 58.1 Å². The number of hydrazine groups is 1. The molecular weight excluding hydrogens is 388 g/mol. The minimum atomic E-state index is -0.465. The lowest BCUT2D eigenvalue weighted by Crippen LogP contribution is -2.41. The lowest BCUT2D eigenvalue weighted by Gasteiger charge is -2.11. The third-order valence-electron chi connectivity index (χ3n) is 3.30. The maximum absolute atomic E-state index is 12.2. The average Bonchev–Trinajstić information content (AvgIpc) is 2.64. The number of carbonyl (C=O) groups is 2. The van der Waals surface area contributed by atoms with Gasteiger partial charge in [-0.3, -0.25) is 20.4 Å². The van der Waals surface area contributed by atoms with Crippen LogP contribution in [0.4, 0.5) is 0 Å². The molecule has 0 aliphatic rings. The first kappa shape index (κ1) is 18.8. The van der Waals surface area contributed by atoms with Gasteiger partial charge in [0.1, 0.15) is 11.5 Å². The Morgan fingerprint density at radius 2 is 1.76 bits per heavy atom. The first-order valence-electron chi connectivity index (χ1n) is 7.72. The summed E-state index contributed by atoms with van der Waals surface area (Å²) in [5, 5.41) is 0. The molecule has 0 unspecified atom stereocenters. The molecule has 2 aromatic rings. The van der Waals surface area contributed by atoms with Crippen LogP contribution in [-0.4, -0.2) is 25.5 Å². The van der Waals surface area contributed by atoms with E-state index in [1.165, 1.54) is 7.11 Å². The van der Waals surface area contributed by atoms with E-state index >= 15 is 0 Å². The molecule has 2 N–H and O–H groups in total. The summed E-state index contributed by atoms with van der Waals surface area (Å²) in [7, 11) is 1.48. The van der Waals surface area contributed by atoms with Gasteiger partial charge in [0.05, 0.1) is 23.8 Å². The van der Waals surface area contributed by atoms with Gasteiger partial charge in [-0.05, 0) is 52.7 Å². The number of ether oxygens (including phenoxy) is 2. The molecular formula is C18H19BrN2O4. The van der Waals surface area contributed by atoms with E-state index < -0.39 is 11.8 Å². The van der Waals surface area contributed by atoms with Crippen LogP contribution in [0.25, 0.3) is 0 Å². The van der Waals surface area contributed by atoms with E-state index in [2.05, 4.69) is 26.8 Å². The normalized spacial score (nSPS) is 10.0. The fraction of sp³-hybridized carbons (Fsp3) is 0.222. The monoisotopic (exact) mass is 406 g/mol. The largest absolute Gasteiger partial charge is 0.496 e. The zero-order chi connectivity index (χ0) is 18.2. The van der Waals surface area contributed by atoms with Gasteiger partial charge in [-0.2, -0.15) is 0 Å². The van der Waals surface area contributed by atoms with E-state index in [1.54, 1.807) is 42.5 Å². The Labute approximate surface area is 154 Å². The third kappa shape index (κ3) is 4.96. The fourth-order valence-corrected chi connectivity index (χ4v) is 2.55. The van der Waals surface area contributed by atoms with Crippen molar-refractivity contribution in [3.8, 4) is 11.5 Å². The third-order valence-corrected chi connectivity index (χ3v) is 3.92. The second-order valence-electron chi connectivity index (χ2n) is 5.10. The summed E-state index contributed by atoms with van der Waals surface area (Å²) >= 11 is 3.37. The predicted molar refractivity (Wildman–Crippen MR) is 97.9 cm³/mol. The smallest absolute Gasteiger partial charge is 0.273 e. The van der Waals surface area contributed by atoms with E-state index in [1.807, 2.05) is 6.92 Å². The Kier molecular flexibility index (Phi) is 6.82. The highest BCUT2D eigenvalue weighted by Gasteiger charge is 2.14. The number of methoxy groups -OCH3 is 1. The first-order chi connectivity index (χ1) is 12.1. The molecule has 0 bridgehead atoms. The van der Waals surface area contributed by atoms with Crippen LogP contribution < -0.4 is 20.3 Å². The minimum Gasteiger partial charge on any atom is -0.496 e. The molecule has 0 radical (unpaired) electrons.